The molecule has 2 aromatic heterocycles. The van der Waals surface area contributed by atoms with Crippen molar-refractivity contribution in [2.24, 2.45) is 0 Å². The third kappa shape index (κ3) is 3.30. The second-order valence-electron chi connectivity index (χ2n) is 5.26. The van der Waals surface area contributed by atoms with Crippen LogP contribution in [0.4, 0.5) is 5.82 Å². The molecule has 3 rings (SSSR count). The Morgan fingerprint density at radius 2 is 2.39 bits per heavy atom. The van der Waals surface area contributed by atoms with Crippen molar-refractivity contribution in [2.45, 2.75) is 25.4 Å². The van der Waals surface area contributed by atoms with Gasteiger partial charge < -0.3 is 14.6 Å². The number of hydrogen-bond acceptors (Lipinski definition) is 5. The van der Waals surface area contributed by atoms with E-state index in [9.17, 15) is 4.79 Å². The molecule has 0 bridgehead atoms. The van der Waals surface area contributed by atoms with Crippen LogP contribution in [-0.4, -0.2) is 23.5 Å². The number of nitrogens with zero attached hydrogens (tertiary/aromatic N) is 3. The van der Waals surface area contributed by atoms with Gasteiger partial charge in [-0.25, -0.2) is 4.98 Å². The molecule has 1 saturated heterocycles. The molecule has 6 nitrogen and oxygen atoms in total. The molecule has 0 radical (unpaired) electrons. The maximum Gasteiger partial charge on any atom is 0.243 e. The van der Waals surface area contributed by atoms with E-state index in [4.69, 9.17) is 21.3 Å². The number of carbonyl (C=O) groups is 1. The molecule has 7 heteroatoms. The zero-order valence-corrected chi connectivity index (χ0v) is 13.1. The summed E-state index contributed by atoms with van der Waals surface area (Å²) >= 11 is 5.92. The Labute approximate surface area is 138 Å². The molecule has 0 aromatic carbocycles. The minimum absolute atomic E-state index is 0.0749. The first kappa shape index (κ1) is 15.4. The largest absolute Gasteiger partial charge is 0.467 e. The van der Waals surface area contributed by atoms with Crippen molar-refractivity contribution in [2.75, 3.05) is 11.4 Å². The summed E-state index contributed by atoms with van der Waals surface area (Å²) in [4.78, 5) is 18.6. The lowest BCUT2D eigenvalue weighted by Gasteiger charge is -2.25. The molecule has 1 unspecified atom stereocenters. The summed E-state index contributed by atoms with van der Waals surface area (Å²) < 4.78 is 5.21. The van der Waals surface area contributed by atoms with Crippen molar-refractivity contribution in [1.82, 2.24) is 10.3 Å². The highest BCUT2D eigenvalue weighted by molar-refractivity contribution is 6.31. The summed E-state index contributed by atoms with van der Waals surface area (Å²) in [6.07, 6.45) is 3.21. The molecule has 3 heterocycles. The molecule has 23 heavy (non-hydrogen) atoms. The van der Waals surface area contributed by atoms with Crippen LogP contribution in [-0.2, 0) is 11.3 Å². The van der Waals surface area contributed by atoms with Crippen LogP contribution in [0.1, 0.15) is 24.3 Å². The standard InChI is InChI=1S/C16H15ClN4O2/c17-12-5-6-15(20-13(12)9-18)21-7-1-4-14(21)16(22)19-10-11-3-2-8-23-11/h2-3,5-6,8,14H,1,4,7,10H2,(H,19,22). The van der Waals surface area contributed by atoms with Gasteiger partial charge in [-0.3, -0.25) is 4.79 Å². The molecule has 118 valence electrons. The van der Waals surface area contributed by atoms with Gasteiger partial charge in [-0.2, -0.15) is 5.26 Å². The first-order chi connectivity index (χ1) is 11.2. The zero-order chi connectivity index (χ0) is 16.2. The van der Waals surface area contributed by atoms with Gasteiger partial charge in [-0.05, 0) is 37.1 Å². The molecule has 1 fully saturated rings. The minimum Gasteiger partial charge on any atom is -0.467 e. The van der Waals surface area contributed by atoms with Gasteiger partial charge in [0.1, 0.15) is 23.7 Å². The average molecular weight is 331 g/mol. The van der Waals surface area contributed by atoms with E-state index >= 15 is 0 Å². The highest BCUT2D eigenvalue weighted by Gasteiger charge is 2.31. The van der Waals surface area contributed by atoms with E-state index in [2.05, 4.69) is 10.3 Å². The van der Waals surface area contributed by atoms with Gasteiger partial charge in [0.15, 0.2) is 5.69 Å². The maximum absolute atomic E-state index is 12.4. The smallest absolute Gasteiger partial charge is 0.243 e. The summed E-state index contributed by atoms with van der Waals surface area (Å²) in [5.74, 6) is 1.23. The number of nitrogens with one attached hydrogen (secondary N) is 1. The van der Waals surface area contributed by atoms with Gasteiger partial charge in [0.05, 0.1) is 17.8 Å². The Balaban J connectivity index is 1.72. The Hall–Kier alpha value is -2.52. The van der Waals surface area contributed by atoms with Gasteiger partial charge in [0.2, 0.25) is 5.91 Å². The predicted molar refractivity (Wildman–Crippen MR) is 84.9 cm³/mol. The fourth-order valence-electron chi connectivity index (χ4n) is 2.69. The number of halogens is 1. The van der Waals surface area contributed by atoms with Crippen LogP contribution in [0.3, 0.4) is 0 Å². The normalized spacial score (nSPS) is 17.0. The van der Waals surface area contributed by atoms with E-state index in [-0.39, 0.29) is 17.6 Å². The second-order valence-corrected chi connectivity index (χ2v) is 5.67. The molecular weight excluding hydrogens is 316 g/mol. The Bertz CT molecular complexity index is 739. The fourth-order valence-corrected chi connectivity index (χ4v) is 2.84. The summed E-state index contributed by atoms with van der Waals surface area (Å²) in [6.45, 7) is 1.08. The van der Waals surface area contributed by atoms with Crippen LogP contribution < -0.4 is 10.2 Å². The van der Waals surface area contributed by atoms with Crippen LogP contribution in [0, 0.1) is 11.3 Å². The first-order valence-corrected chi connectivity index (χ1v) is 7.70. The summed E-state index contributed by atoms with van der Waals surface area (Å²) in [5, 5.41) is 12.2. The van der Waals surface area contributed by atoms with E-state index in [1.807, 2.05) is 17.0 Å². The van der Waals surface area contributed by atoms with Crippen molar-refractivity contribution in [3.63, 3.8) is 0 Å². The molecule has 1 amide bonds. The van der Waals surface area contributed by atoms with Crippen molar-refractivity contribution < 1.29 is 9.21 Å². The maximum atomic E-state index is 12.4. The van der Waals surface area contributed by atoms with E-state index < -0.39 is 0 Å². The Kier molecular flexibility index (Phi) is 4.49. The Morgan fingerprint density at radius 3 is 3.13 bits per heavy atom. The fraction of sp³-hybridized carbons (Fsp3) is 0.312. The van der Waals surface area contributed by atoms with Crippen molar-refractivity contribution in [1.29, 1.82) is 5.26 Å². The van der Waals surface area contributed by atoms with Gasteiger partial charge in [0, 0.05) is 6.54 Å². The van der Waals surface area contributed by atoms with E-state index in [1.165, 1.54) is 0 Å². The minimum atomic E-state index is -0.301. The number of nitriles is 1. The number of furan rings is 1. The molecule has 1 N–H and O–H groups in total. The average Bonchev–Trinajstić information content (AvgIpc) is 3.24. The molecule has 2 aromatic rings. The molecule has 1 aliphatic heterocycles. The Morgan fingerprint density at radius 1 is 1.52 bits per heavy atom. The summed E-state index contributed by atoms with van der Waals surface area (Å²) in [6, 6.07) is 8.63. The molecule has 0 saturated carbocycles. The van der Waals surface area contributed by atoms with E-state index in [1.54, 1.807) is 24.5 Å². The third-order valence-electron chi connectivity index (χ3n) is 3.80. The van der Waals surface area contributed by atoms with E-state index in [0.717, 1.165) is 19.4 Å². The topological polar surface area (TPSA) is 82.2 Å². The highest BCUT2D eigenvalue weighted by Crippen LogP contribution is 2.26. The summed E-state index contributed by atoms with van der Waals surface area (Å²) in [7, 11) is 0. The van der Waals surface area contributed by atoms with Crippen molar-refractivity contribution in [3.8, 4) is 6.07 Å². The molecular formula is C16H15ClN4O2. The van der Waals surface area contributed by atoms with E-state index in [0.29, 0.717) is 23.1 Å². The molecule has 1 atom stereocenters. The lowest BCUT2D eigenvalue weighted by molar-refractivity contribution is -0.122. The van der Waals surface area contributed by atoms with Crippen molar-refractivity contribution >= 4 is 23.3 Å². The quantitative estimate of drug-likeness (QED) is 0.931. The van der Waals surface area contributed by atoms with Gasteiger partial charge in [0.25, 0.3) is 0 Å². The lowest BCUT2D eigenvalue weighted by atomic mass is 10.2. The predicted octanol–water partition coefficient (Wildman–Crippen LogP) is 2.48. The van der Waals surface area contributed by atoms with Crippen LogP contribution in [0.5, 0.6) is 0 Å². The zero-order valence-electron chi connectivity index (χ0n) is 12.3. The SMILES string of the molecule is N#Cc1nc(N2CCCC2C(=O)NCc2ccco2)ccc1Cl. The molecule has 0 spiro atoms. The number of amides is 1. The number of rotatable bonds is 4. The van der Waals surface area contributed by atoms with Gasteiger partial charge in [-0.1, -0.05) is 11.6 Å². The third-order valence-corrected chi connectivity index (χ3v) is 4.11. The second kappa shape index (κ2) is 6.71. The van der Waals surface area contributed by atoms with Crippen molar-refractivity contribution in [3.05, 3.63) is 47.0 Å². The molecule has 0 aliphatic carbocycles. The van der Waals surface area contributed by atoms with Crippen LogP contribution in [0.2, 0.25) is 5.02 Å². The number of carbonyl (C=O) groups excluding carboxylic acids is 1. The number of anilines is 1. The number of hydrogen-bond donors (Lipinski definition) is 1. The number of aromatic nitrogens is 1. The monoisotopic (exact) mass is 330 g/mol. The lowest BCUT2D eigenvalue weighted by Crippen LogP contribution is -2.43. The van der Waals surface area contributed by atoms with Crippen LogP contribution in [0.25, 0.3) is 0 Å². The highest BCUT2D eigenvalue weighted by atomic mass is 35.5. The van der Waals surface area contributed by atoms with Crippen LogP contribution >= 0.6 is 11.6 Å². The van der Waals surface area contributed by atoms with Gasteiger partial charge >= 0.3 is 0 Å². The first-order valence-electron chi connectivity index (χ1n) is 7.32. The van der Waals surface area contributed by atoms with Crippen LogP contribution in [0.15, 0.2) is 34.9 Å². The summed E-state index contributed by atoms with van der Waals surface area (Å²) in [5.41, 5.74) is 0.172. The number of pyridine rings is 1. The van der Waals surface area contributed by atoms with Gasteiger partial charge in [-0.15, -0.1) is 0 Å². The molecule has 1 aliphatic rings.